The van der Waals surface area contributed by atoms with Crippen LogP contribution in [0.15, 0.2) is 18.2 Å². The molecule has 1 fully saturated rings. The molecule has 20 heavy (non-hydrogen) atoms. The maximum atomic E-state index is 11.1. The molecule has 1 aliphatic rings. The molecule has 6 heteroatoms. The highest BCUT2D eigenvalue weighted by molar-refractivity contribution is 6.33. The van der Waals surface area contributed by atoms with Gasteiger partial charge in [0.2, 0.25) is 5.91 Å². The highest BCUT2D eigenvalue weighted by atomic mass is 35.5. The fourth-order valence-corrected chi connectivity index (χ4v) is 2.63. The predicted octanol–water partition coefficient (Wildman–Crippen LogP) is 1.77. The molecule has 1 aromatic carbocycles. The number of hydrogen-bond donors (Lipinski definition) is 1. The average molecular weight is 297 g/mol. The Morgan fingerprint density at radius 2 is 1.90 bits per heavy atom. The van der Waals surface area contributed by atoms with Gasteiger partial charge in [0.05, 0.1) is 10.7 Å². The van der Waals surface area contributed by atoms with Gasteiger partial charge in [-0.3, -0.25) is 4.79 Å². The monoisotopic (exact) mass is 296 g/mol. The second-order valence-electron chi connectivity index (χ2n) is 4.70. The lowest BCUT2D eigenvalue weighted by Crippen LogP contribution is -2.38. The minimum absolute atomic E-state index is 0.0236. The Bertz CT molecular complexity index is 505. The lowest BCUT2D eigenvalue weighted by molar-refractivity contribution is -0.191. The van der Waals surface area contributed by atoms with Crippen LogP contribution in [0.1, 0.15) is 18.4 Å². The predicted molar refractivity (Wildman–Crippen MR) is 75.3 cm³/mol. The minimum Gasteiger partial charge on any atom is -0.370 e. The van der Waals surface area contributed by atoms with E-state index >= 15 is 0 Å². The third-order valence-electron chi connectivity index (χ3n) is 3.34. The van der Waals surface area contributed by atoms with E-state index in [-0.39, 0.29) is 18.0 Å². The first-order valence-corrected chi connectivity index (χ1v) is 6.67. The number of carbonyl (C=O) groups is 1. The van der Waals surface area contributed by atoms with Crippen molar-refractivity contribution in [2.75, 3.05) is 18.0 Å². The second kappa shape index (κ2) is 7.68. The standard InChI is InChI=1S/C13H17ClN2O.CO2/c1-9-2-3-12(11(14)8-9)16-6-4-10(5-7-16)13(15)17;2-1-3/h2-3,8,10H,4-7H2,1H3,(H2,15,17);. The summed E-state index contributed by atoms with van der Waals surface area (Å²) in [6.45, 7) is 3.71. The molecule has 1 amide bonds. The number of anilines is 1. The zero-order chi connectivity index (χ0) is 15.1. The van der Waals surface area contributed by atoms with Gasteiger partial charge in [0.15, 0.2) is 0 Å². The van der Waals surface area contributed by atoms with E-state index in [1.165, 1.54) is 0 Å². The van der Waals surface area contributed by atoms with Crippen molar-refractivity contribution >= 4 is 29.3 Å². The SMILES string of the molecule is Cc1ccc(N2CCC(C(N)=O)CC2)c(Cl)c1.O=C=O. The Hall–Kier alpha value is -1.84. The van der Waals surface area contributed by atoms with Crippen molar-refractivity contribution < 1.29 is 14.4 Å². The molecular formula is C14H17ClN2O3. The number of hydrogen-bond acceptors (Lipinski definition) is 4. The number of halogens is 1. The zero-order valence-corrected chi connectivity index (χ0v) is 12.0. The van der Waals surface area contributed by atoms with E-state index in [1.54, 1.807) is 0 Å². The Balaban J connectivity index is 0.000000612. The molecule has 0 spiro atoms. The Morgan fingerprint density at radius 1 is 1.35 bits per heavy atom. The lowest BCUT2D eigenvalue weighted by Gasteiger charge is -2.33. The highest BCUT2D eigenvalue weighted by Crippen LogP contribution is 2.30. The molecule has 0 radical (unpaired) electrons. The number of aryl methyl sites for hydroxylation is 1. The summed E-state index contributed by atoms with van der Waals surface area (Å²) in [7, 11) is 0. The molecule has 0 unspecified atom stereocenters. The van der Waals surface area contributed by atoms with Gasteiger partial charge < -0.3 is 10.6 Å². The van der Waals surface area contributed by atoms with Gasteiger partial charge in [0, 0.05) is 19.0 Å². The summed E-state index contributed by atoms with van der Waals surface area (Å²) in [5.41, 5.74) is 7.53. The summed E-state index contributed by atoms with van der Waals surface area (Å²) in [6, 6.07) is 6.07. The first kappa shape index (κ1) is 16.2. The van der Waals surface area contributed by atoms with Crippen LogP contribution in [0.5, 0.6) is 0 Å². The molecule has 0 aliphatic carbocycles. The lowest BCUT2D eigenvalue weighted by atomic mass is 9.96. The van der Waals surface area contributed by atoms with Gasteiger partial charge in [-0.2, -0.15) is 9.59 Å². The number of carbonyl (C=O) groups excluding carboxylic acids is 3. The number of benzene rings is 1. The molecule has 1 aromatic rings. The summed E-state index contributed by atoms with van der Waals surface area (Å²) in [4.78, 5) is 29.6. The van der Waals surface area contributed by atoms with Crippen molar-refractivity contribution in [3.63, 3.8) is 0 Å². The largest absolute Gasteiger partial charge is 0.373 e. The van der Waals surface area contributed by atoms with Crippen molar-refractivity contribution in [1.82, 2.24) is 0 Å². The van der Waals surface area contributed by atoms with E-state index in [0.29, 0.717) is 0 Å². The van der Waals surface area contributed by atoms with E-state index < -0.39 is 0 Å². The van der Waals surface area contributed by atoms with Gasteiger partial charge in [0.1, 0.15) is 0 Å². The Kier molecular flexibility index (Phi) is 6.22. The normalized spacial score (nSPS) is 15.0. The number of nitrogens with two attached hydrogens (primary N) is 1. The molecule has 0 aromatic heterocycles. The van der Waals surface area contributed by atoms with Gasteiger partial charge in [-0.15, -0.1) is 0 Å². The van der Waals surface area contributed by atoms with Gasteiger partial charge in [0.25, 0.3) is 0 Å². The van der Waals surface area contributed by atoms with Crippen LogP contribution in [0.3, 0.4) is 0 Å². The molecule has 1 aliphatic heterocycles. The minimum atomic E-state index is -0.181. The van der Waals surface area contributed by atoms with Crippen LogP contribution in [0.2, 0.25) is 5.02 Å². The molecule has 0 bridgehead atoms. The van der Waals surface area contributed by atoms with Crippen molar-refractivity contribution in [1.29, 1.82) is 0 Å². The summed E-state index contributed by atoms with van der Waals surface area (Å²) < 4.78 is 0. The van der Waals surface area contributed by atoms with Gasteiger partial charge in [-0.25, -0.2) is 0 Å². The van der Waals surface area contributed by atoms with E-state index in [0.717, 1.165) is 42.2 Å². The zero-order valence-electron chi connectivity index (χ0n) is 11.3. The number of nitrogens with zero attached hydrogens (tertiary/aromatic N) is 1. The van der Waals surface area contributed by atoms with Crippen LogP contribution in [-0.2, 0) is 14.4 Å². The number of amides is 1. The summed E-state index contributed by atoms with van der Waals surface area (Å²) >= 11 is 6.23. The Labute approximate surface area is 122 Å². The quantitative estimate of drug-likeness (QED) is 0.902. The van der Waals surface area contributed by atoms with Gasteiger partial charge >= 0.3 is 6.15 Å². The van der Waals surface area contributed by atoms with E-state index in [9.17, 15) is 4.79 Å². The number of primary amides is 1. The molecule has 2 N–H and O–H groups in total. The van der Waals surface area contributed by atoms with Crippen LogP contribution in [0.4, 0.5) is 5.69 Å². The van der Waals surface area contributed by atoms with Crippen LogP contribution in [-0.4, -0.2) is 25.1 Å². The van der Waals surface area contributed by atoms with Crippen LogP contribution in [0.25, 0.3) is 0 Å². The smallest absolute Gasteiger partial charge is 0.370 e. The third-order valence-corrected chi connectivity index (χ3v) is 3.64. The van der Waals surface area contributed by atoms with Crippen molar-refractivity contribution in [2.45, 2.75) is 19.8 Å². The maximum Gasteiger partial charge on any atom is 0.373 e. The molecule has 5 nitrogen and oxygen atoms in total. The molecule has 2 rings (SSSR count). The first-order chi connectivity index (χ1) is 9.49. The van der Waals surface area contributed by atoms with E-state index in [1.807, 2.05) is 19.1 Å². The summed E-state index contributed by atoms with van der Waals surface area (Å²) in [5.74, 6) is -0.157. The van der Waals surface area contributed by atoms with Crippen LogP contribution < -0.4 is 10.6 Å². The number of piperidine rings is 1. The van der Waals surface area contributed by atoms with Crippen molar-refractivity contribution in [2.24, 2.45) is 11.7 Å². The van der Waals surface area contributed by atoms with Crippen LogP contribution >= 0.6 is 11.6 Å². The Morgan fingerprint density at radius 3 is 2.35 bits per heavy atom. The van der Waals surface area contributed by atoms with Crippen molar-refractivity contribution in [3.05, 3.63) is 28.8 Å². The molecular weight excluding hydrogens is 280 g/mol. The molecule has 0 atom stereocenters. The van der Waals surface area contributed by atoms with Gasteiger partial charge in [-0.05, 0) is 37.5 Å². The molecule has 1 saturated heterocycles. The fourth-order valence-electron chi connectivity index (χ4n) is 2.27. The van der Waals surface area contributed by atoms with Crippen LogP contribution in [0, 0.1) is 12.8 Å². The fraction of sp³-hybridized carbons (Fsp3) is 0.429. The topological polar surface area (TPSA) is 80.5 Å². The van der Waals surface area contributed by atoms with Gasteiger partial charge in [-0.1, -0.05) is 17.7 Å². The first-order valence-electron chi connectivity index (χ1n) is 6.29. The third kappa shape index (κ3) is 4.37. The number of rotatable bonds is 2. The summed E-state index contributed by atoms with van der Waals surface area (Å²) in [5, 5.41) is 0.780. The molecule has 1 heterocycles. The molecule has 108 valence electrons. The van der Waals surface area contributed by atoms with Crippen molar-refractivity contribution in [3.8, 4) is 0 Å². The maximum absolute atomic E-state index is 11.1. The van der Waals surface area contributed by atoms with E-state index in [2.05, 4.69) is 11.0 Å². The molecule has 0 saturated carbocycles. The highest BCUT2D eigenvalue weighted by Gasteiger charge is 2.24. The average Bonchev–Trinajstić information content (AvgIpc) is 2.40. The van der Waals surface area contributed by atoms with E-state index in [4.69, 9.17) is 26.9 Å². The summed E-state index contributed by atoms with van der Waals surface area (Å²) in [6.07, 6.45) is 1.89. The second-order valence-corrected chi connectivity index (χ2v) is 5.11.